The number of hydrogen-bond donors (Lipinski definition) is 1. The first-order valence-electron chi connectivity index (χ1n) is 8.17. The number of likely N-dealkylation sites (tertiary alicyclic amines) is 1. The first-order valence-corrected chi connectivity index (χ1v) is 9.16. The summed E-state index contributed by atoms with van der Waals surface area (Å²) in [4.78, 5) is 26.2. The van der Waals surface area contributed by atoms with E-state index in [1.54, 1.807) is 12.0 Å². The van der Waals surface area contributed by atoms with Gasteiger partial charge in [0.05, 0.1) is 18.3 Å². The molecular formula is C18H25NO4S. The van der Waals surface area contributed by atoms with Gasteiger partial charge in [0.15, 0.2) is 0 Å². The van der Waals surface area contributed by atoms with Gasteiger partial charge in [0.2, 0.25) is 5.91 Å². The highest BCUT2D eigenvalue weighted by Crippen LogP contribution is 2.26. The van der Waals surface area contributed by atoms with Gasteiger partial charge in [-0.3, -0.25) is 9.59 Å². The minimum atomic E-state index is -0.883. The number of methoxy groups -OCH3 is 1. The number of ether oxygens (including phenoxy) is 1. The molecule has 1 heterocycles. The molecule has 1 amide bonds. The third-order valence-electron chi connectivity index (χ3n) is 4.35. The van der Waals surface area contributed by atoms with E-state index in [1.807, 2.05) is 12.1 Å². The van der Waals surface area contributed by atoms with Gasteiger partial charge in [0, 0.05) is 24.6 Å². The molecule has 1 aromatic rings. The largest absolute Gasteiger partial charge is 0.481 e. The lowest BCUT2D eigenvalue weighted by molar-refractivity contribution is -0.139. The average molecular weight is 351 g/mol. The number of rotatable bonds is 7. The summed E-state index contributed by atoms with van der Waals surface area (Å²) in [5.41, 5.74) is 1.27. The fourth-order valence-corrected chi connectivity index (χ4v) is 3.71. The van der Waals surface area contributed by atoms with Gasteiger partial charge in [0.25, 0.3) is 0 Å². The van der Waals surface area contributed by atoms with Crippen LogP contribution >= 0.6 is 11.8 Å². The van der Waals surface area contributed by atoms with Gasteiger partial charge >= 0.3 is 5.97 Å². The van der Waals surface area contributed by atoms with E-state index in [0.717, 1.165) is 4.90 Å². The summed E-state index contributed by atoms with van der Waals surface area (Å²) in [6.07, 6.45) is 0.482. The van der Waals surface area contributed by atoms with Crippen LogP contribution in [0.25, 0.3) is 0 Å². The maximum atomic E-state index is 12.5. The van der Waals surface area contributed by atoms with Crippen LogP contribution in [-0.2, 0) is 14.3 Å². The molecule has 0 spiro atoms. The topological polar surface area (TPSA) is 66.8 Å². The van der Waals surface area contributed by atoms with Crippen molar-refractivity contribution in [1.82, 2.24) is 4.90 Å². The summed E-state index contributed by atoms with van der Waals surface area (Å²) in [6.45, 7) is 4.77. The molecule has 1 aliphatic rings. The highest BCUT2D eigenvalue weighted by atomic mass is 32.2. The number of amides is 1. The van der Waals surface area contributed by atoms with E-state index in [4.69, 9.17) is 9.84 Å². The summed E-state index contributed by atoms with van der Waals surface area (Å²) in [5, 5.41) is 9.03. The standard InChI is InChI=1S/C18H25NO4S/c1-12(2)13-4-6-16(7-5-13)24-11-17(20)19-10-15(23-3)8-14(19)9-18(21)22/h4-7,12,14-15H,8-11H2,1-3H3,(H,21,22). The Bertz CT molecular complexity index is 573. The molecule has 0 saturated carbocycles. The Morgan fingerprint density at radius 2 is 2.00 bits per heavy atom. The predicted octanol–water partition coefficient (Wildman–Crippen LogP) is 2.99. The monoisotopic (exact) mass is 351 g/mol. The van der Waals surface area contributed by atoms with Crippen molar-refractivity contribution in [3.05, 3.63) is 29.8 Å². The second kappa shape index (κ2) is 8.53. The van der Waals surface area contributed by atoms with Crippen molar-refractivity contribution in [2.24, 2.45) is 0 Å². The molecule has 0 bridgehead atoms. The van der Waals surface area contributed by atoms with Crippen LogP contribution in [0.4, 0.5) is 0 Å². The lowest BCUT2D eigenvalue weighted by Gasteiger charge is -2.23. The zero-order valence-corrected chi connectivity index (χ0v) is 15.2. The SMILES string of the molecule is COC1CC(CC(=O)O)N(C(=O)CSc2ccc(C(C)C)cc2)C1. The van der Waals surface area contributed by atoms with Crippen LogP contribution in [0.5, 0.6) is 0 Å². The molecule has 1 fully saturated rings. The first kappa shape index (κ1) is 18.8. The lowest BCUT2D eigenvalue weighted by Crippen LogP contribution is -2.38. The number of thioether (sulfide) groups is 1. The number of benzene rings is 1. The van der Waals surface area contributed by atoms with Crippen LogP contribution in [0.1, 0.15) is 38.2 Å². The second-order valence-corrected chi connectivity index (χ2v) is 7.45. The van der Waals surface area contributed by atoms with Gasteiger partial charge in [-0.15, -0.1) is 11.8 Å². The number of hydrogen-bond acceptors (Lipinski definition) is 4. The molecule has 2 unspecified atom stereocenters. The molecule has 0 aromatic heterocycles. The maximum absolute atomic E-state index is 12.5. The zero-order valence-electron chi connectivity index (χ0n) is 14.4. The van der Waals surface area contributed by atoms with E-state index in [1.165, 1.54) is 17.3 Å². The Kier molecular flexibility index (Phi) is 6.69. The van der Waals surface area contributed by atoms with Crippen molar-refractivity contribution in [3.8, 4) is 0 Å². The van der Waals surface area contributed by atoms with Crippen LogP contribution in [0.15, 0.2) is 29.2 Å². The number of carbonyl (C=O) groups excluding carboxylic acids is 1. The maximum Gasteiger partial charge on any atom is 0.305 e. The van der Waals surface area contributed by atoms with Crippen LogP contribution < -0.4 is 0 Å². The summed E-state index contributed by atoms with van der Waals surface area (Å²) in [5.74, 6) is -0.114. The summed E-state index contributed by atoms with van der Waals surface area (Å²) >= 11 is 1.49. The molecule has 0 radical (unpaired) electrons. The van der Waals surface area contributed by atoms with Crippen LogP contribution in [-0.4, -0.2) is 53.4 Å². The molecule has 132 valence electrons. The van der Waals surface area contributed by atoms with E-state index in [9.17, 15) is 9.59 Å². The second-order valence-electron chi connectivity index (χ2n) is 6.40. The van der Waals surface area contributed by atoms with Crippen molar-refractivity contribution in [3.63, 3.8) is 0 Å². The normalized spacial score (nSPS) is 20.6. The van der Waals surface area contributed by atoms with Crippen molar-refractivity contribution < 1.29 is 19.4 Å². The molecule has 1 saturated heterocycles. The van der Waals surface area contributed by atoms with E-state index >= 15 is 0 Å². The summed E-state index contributed by atoms with van der Waals surface area (Å²) < 4.78 is 5.31. The lowest BCUT2D eigenvalue weighted by atomic mass is 10.0. The van der Waals surface area contributed by atoms with Crippen molar-refractivity contribution in [2.45, 2.75) is 49.6 Å². The summed E-state index contributed by atoms with van der Waals surface area (Å²) in [6, 6.07) is 7.96. The molecule has 2 rings (SSSR count). The zero-order chi connectivity index (χ0) is 17.7. The highest BCUT2D eigenvalue weighted by Gasteiger charge is 2.36. The quantitative estimate of drug-likeness (QED) is 0.765. The average Bonchev–Trinajstić information content (AvgIpc) is 2.95. The number of carboxylic acid groups (broad SMARTS) is 1. The minimum absolute atomic E-state index is 0.0284. The van der Waals surface area contributed by atoms with Crippen LogP contribution in [0.3, 0.4) is 0 Å². The van der Waals surface area contributed by atoms with Gasteiger partial charge in [-0.05, 0) is 30.0 Å². The van der Waals surface area contributed by atoms with Crippen molar-refractivity contribution >= 4 is 23.6 Å². The van der Waals surface area contributed by atoms with E-state index in [2.05, 4.69) is 26.0 Å². The third kappa shape index (κ3) is 4.98. The van der Waals surface area contributed by atoms with Gasteiger partial charge < -0.3 is 14.7 Å². The molecule has 1 N–H and O–H groups in total. The van der Waals surface area contributed by atoms with E-state index in [-0.39, 0.29) is 24.5 Å². The fraction of sp³-hybridized carbons (Fsp3) is 0.556. The smallest absolute Gasteiger partial charge is 0.305 e. The number of nitrogens with zero attached hydrogens (tertiary/aromatic N) is 1. The molecule has 1 aromatic carbocycles. The first-order chi connectivity index (χ1) is 11.4. The Balaban J connectivity index is 1.93. The predicted molar refractivity (Wildman–Crippen MR) is 94.4 cm³/mol. The minimum Gasteiger partial charge on any atom is -0.481 e. The molecule has 5 nitrogen and oxygen atoms in total. The van der Waals surface area contributed by atoms with Crippen LogP contribution in [0.2, 0.25) is 0 Å². The van der Waals surface area contributed by atoms with Gasteiger partial charge in [0.1, 0.15) is 0 Å². The highest BCUT2D eigenvalue weighted by molar-refractivity contribution is 8.00. The number of carboxylic acids is 1. The Labute approximate surface area is 147 Å². The van der Waals surface area contributed by atoms with E-state index in [0.29, 0.717) is 24.6 Å². The summed E-state index contributed by atoms with van der Waals surface area (Å²) in [7, 11) is 1.60. The number of carbonyl (C=O) groups is 2. The molecule has 6 heteroatoms. The molecular weight excluding hydrogens is 326 g/mol. The van der Waals surface area contributed by atoms with E-state index < -0.39 is 5.97 Å². The fourth-order valence-electron chi connectivity index (χ4n) is 2.92. The molecule has 0 aliphatic carbocycles. The molecule has 1 aliphatic heterocycles. The third-order valence-corrected chi connectivity index (χ3v) is 5.35. The van der Waals surface area contributed by atoms with Gasteiger partial charge in [-0.1, -0.05) is 26.0 Å². The van der Waals surface area contributed by atoms with Crippen molar-refractivity contribution in [2.75, 3.05) is 19.4 Å². The van der Waals surface area contributed by atoms with Crippen molar-refractivity contribution in [1.29, 1.82) is 0 Å². The Morgan fingerprint density at radius 1 is 1.33 bits per heavy atom. The van der Waals surface area contributed by atoms with Crippen LogP contribution in [0, 0.1) is 0 Å². The van der Waals surface area contributed by atoms with Gasteiger partial charge in [-0.25, -0.2) is 0 Å². The Morgan fingerprint density at radius 3 is 2.54 bits per heavy atom. The molecule has 24 heavy (non-hydrogen) atoms. The Hall–Kier alpha value is -1.53. The number of aliphatic carboxylic acids is 1. The van der Waals surface area contributed by atoms with Gasteiger partial charge in [-0.2, -0.15) is 0 Å². The molecule has 2 atom stereocenters.